The number of rotatable bonds is 4. The van der Waals surface area contributed by atoms with E-state index in [0.717, 1.165) is 0 Å². The Morgan fingerprint density at radius 1 is 0.917 bits per heavy atom. The van der Waals surface area contributed by atoms with Crippen molar-refractivity contribution in [3.63, 3.8) is 0 Å². The molecule has 0 heterocycles. The maximum atomic E-state index is 11.0. The molecule has 3 heteroatoms. The van der Waals surface area contributed by atoms with E-state index in [1.807, 2.05) is 27.7 Å². The largest absolute Gasteiger partial charge is 0.299 e. The van der Waals surface area contributed by atoms with Gasteiger partial charge in [-0.2, -0.15) is 0 Å². The predicted octanol–water partition coefficient (Wildman–Crippen LogP) is 1.82. The summed E-state index contributed by atoms with van der Waals surface area (Å²) in [6.45, 7) is 7.26. The van der Waals surface area contributed by atoms with Crippen LogP contribution in [0.15, 0.2) is 0 Å². The number of carbonyl (C=O) groups excluding carboxylic acids is 2. The van der Waals surface area contributed by atoms with Crippen LogP contribution in [-0.4, -0.2) is 11.6 Å². The Bertz CT molecular complexity index is 144. The summed E-state index contributed by atoms with van der Waals surface area (Å²) in [7, 11) is 0. The maximum absolute atomic E-state index is 11.0. The summed E-state index contributed by atoms with van der Waals surface area (Å²) in [5, 5.41) is 0. The maximum Gasteiger partial charge on any atom is 0.142 e. The number of hydrogen-bond donors (Lipinski definition) is 0. The average Bonchev–Trinajstić information content (AvgIpc) is 1.87. The van der Waals surface area contributed by atoms with Crippen molar-refractivity contribution in [1.82, 2.24) is 0 Å². The monoisotopic (exact) mass is 258 g/mol. The van der Waals surface area contributed by atoms with Crippen LogP contribution in [0.1, 0.15) is 34.1 Å². The minimum atomic E-state index is -0.0160. The molecule has 0 spiro atoms. The Balaban J connectivity index is 0. The first-order valence-electron chi connectivity index (χ1n) is 4.00. The van der Waals surface area contributed by atoms with Gasteiger partial charge in [-0.3, -0.25) is 9.59 Å². The van der Waals surface area contributed by atoms with Crippen molar-refractivity contribution in [2.75, 3.05) is 0 Å². The summed E-state index contributed by atoms with van der Waals surface area (Å²) in [5.74, 6) is 0.0581. The summed E-state index contributed by atoms with van der Waals surface area (Å²) < 4.78 is 0. The van der Waals surface area contributed by atoms with Crippen LogP contribution >= 0.6 is 0 Å². The molecule has 0 rings (SSSR count). The molecule has 0 unspecified atom stereocenters. The number of Topliss-reactive ketones (excluding diaryl/α,β-unsaturated/α-hetero) is 2. The Morgan fingerprint density at radius 3 is 1.33 bits per heavy atom. The summed E-state index contributed by atoms with van der Waals surface area (Å²) >= 11 is 0. The molecular formula is C9H16O2Ru. The quantitative estimate of drug-likeness (QED) is 0.568. The number of hydrogen-bond acceptors (Lipinski definition) is 2. The van der Waals surface area contributed by atoms with Gasteiger partial charge in [0.05, 0.1) is 6.42 Å². The molecule has 0 fully saturated rings. The minimum absolute atomic E-state index is 0. The molecule has 0 saturated heterocycles. The smallest absolute Gasteiger partial charge is 0.142 e. The molecule has 0 saturated carbocycles. The van der Waals surface area contributed by atoms with Crippen LogP contribution in [0.3, 0.4) is 0 Å². The second-order valence-electron chi connectivity index (χ2n) is 3.42. The fraction of sp³-hybridized carbons (Fsp3) is 0.778. The van der Waals surface area contributed by atoms with E-state index in [4.69, 9.17) is 0 Å². The molecule has 12 heavy (non-hydrogen) atoms. The second kappa shape index (κ2) is 6.48. The van der Waals surface area contributed by atoms with Crippen molar-refractivity contribution in [3.8, 4) is 0 Å². The summed E-state index contributed by atoms with van der Waals surface area (Å²) in [6, 6.07) is 0. The molecule has 0 N–H and O–H groups in total. The van der Waals surface area contributed by atoms with Gasteiger partial charge in [0.25, 0.3) is 0 Å². The van der Waals surface area contributed by atoms with E-state index in [9.17, 15) is 9.59 Å². The van der Waals surface area contributed by atoms with Gasteiger partial charge in [-0.05, 0) is 0 Å². The molecule has 0 aliphatic rings. The topological polar surface area (TPSA) is 34.1 Å². The first-order chi connectivity index (χ1) is 4.95. The zero-order valence-electron chi connectivity index (χ0n) is 8.03. The number of ketones is 2. The van der Waals surface area contributed by atoms with Gasteiger partial charge in [0.1, 0.15) is 11.6 Å². The molecule has 0 bridgehead atoms. The van der Waals surface area contributed by atoms with Crippen LogP contribution < -0.4 is 0 Å². The molecule has 0 aromatic carbocycles. The summed E-state index contributed by atoms with van der Waals surface area (Å²) in [5.41, 5.74) is 0. The van der Waals surface area contributed by atoms with E-state index in [2.05, 4.69) is 0 Å². The van der Waals surface area contributed by atoms with Crippen LogP contribution in [0.25, 0.3) is 0 Å². The van der Waals surface area contributed by atoms with Gasteiger partial charge >= 0.3 is 0 Å². The molecule has 2 nitrogen and oxygen atoms in total. The van der Waals surface area contributed by atoms with Gasteiger partial charge < -0.3 is 0 Å². The Labute approximate surface area is 86.9 Å². The first kappa shape index (κ1) is 14.5. The third kappa shape index (κ3) is 5.59. The second-order valence-corrected chi connectivity index (χ2v) is 3.42. The average molecular weight is 257 g/mol. The third-order valence-electron chi connectivity index (χ3n) is 1.64. The van der Waals surface area contributed by atoms with Crippen LogP contribution in [0.5, 0.6) is 0 Å². The normalized spacial score (nSPS) is 9.83. The van der Waals surface area contributed by atoms with Crippen molar-refractivity contribution < 1.29 is 29.1 Å². The molecular weight excluding hydrogens is 241 g/mol. The Hall–Kier alpha value is -0.0366. The molecule has 0 atom stereocenters. The van der Waals surface area contributed by atoms with Crippen LogP contribution in [-0.2, 0) is 29.1 Å². The molecule has 0 aliphatic carbocycles. The van der Waals surface area contributed by atoms with Crippen molar-refractivity contribution in [1.29, 1.82) is 0 Å². The first-order valence-corrected chi connectivity index (χ1v) is 4.00. The van der Waals surface area contributed by atoms with Crippen molar-refractivity contribution in [2.45, 2.75) is 34.1 Å². The molecule has 0 aromatic heterocycles. The van der Waals surface area contributed by atoms with E-state index in [1.165, 1.54) is 0 Å². The van der Waals surface area contributed by atoms with Crippen LogP contribution in [0.2, 0.25) is 0 Å². The Kier molecular flexibility index (Phi) is 7.82. The summed E-state index contributed by atoms with van der Waals surface area (Å²) in [6.07, 6.45) is 0.106. The van der Waals surface area contributed by atoms with E-state index in [1.54, 1.807) is 0 Å². The predicted molar refractivity (Wildman–Crippen MR) is 44.3 cm³/mol. The SMILES string of the molecule is CC(C)C(=O)CC(=O)C(C)C.[Ru]. The summed E-state index contributed by atoms with van der Waals surface area (Å²) in [4.78, 5) is 22.1. The third-order valence-corrected chi connectivity index (χ3v) is 1.64. The standard InChI is InChI=1S/C9H16O2.Ru/c1-6(2)8(10)5-9(11)7(3)4;/h6-7H,5H2,1-4H3;. The fourth-order valence-corrected chi connectivity index (χ4v) is 0.580. The van der Waals surface area contributed by atoms with Gasteiger partial charge in [-0.25, -0.2) is 0 Å². The van der Waals surface area contributed by atoms with Crippen LogP contribution in [0.4, 0.5) is 0 Å². The molecule has 72 valence electrons. The zero-order chi connectivity index (χ0) is 9.02. The van der Waals surface area contributed by atoms with E-state index >= 15 is 0 Å². The molecule has 0 amide bonds. The minimum Gasteiger partial charge on any atom is -0.299 e. The number of carbonyl (C=O) groups is 2. The van der Waals surface area contributed by atoms with Gasteiger partial charge in [-0.15, -0.1) is 0 Å². The van der Waals surface area contributed by atoms with E-state index < -0.39 is 0 Å². The van der Waals surface area contributed by atoms with Crippen LogP contribution in [0, 0.1) is 11.8 Å². The molecule has 0 radical (unpaired) electrons. The van der Waals surface area contributed by atoms with Gasteiger partial charge in [0.2, 0.25) is 0 Å². The molecule has 0 aliphatic heterocycles. The van der Waals surface area contributed by atoms with Gasteiger partial charge in [0, 0.05) is 31.3 Å². The Morgan fingerprint density at radius 2 is 1.17 bits per heavy atom. The van der Waals surface area contributed by atoms with E-state index in [0.29, 0.717) is 0 Å². The zero-order valence-corrected chi connectivity index (χ0v) is 9.77. The fourth-order valence-electron chi connectivity index (χ4n) is 0.580. The van der Waals surface area contributed by atoms with Crippen molar-refractivity contribution in [3.05, 3.63) is 0 Å². The van der Waals surface area contributed by atoms with Gasteiger partial charge in [-0.1, -0.05) is 27.7 Å². The van der Waals surface area contributed by atoms with Crippen molar-refractivity contribution >= 4 is 11.6 Å². The van der Waals surface area contributed by atoms with E-state index in [-0.39, 0.29) is 49.3 Å². The van der Waals surface area contributed by atoms with Gasteiger partial charge in [0.15, 0.2) is 0 Å². The van der Waals surface area contributed by atoms with Crippen molar-refractivity contribution in [2.24, 2.45) is 11.8 Å². The molecule has 0 aromatic rings.